The van der Waals surface area contributed by atoms with Crippen LogP contribution in [0.25, 0.3) is 0 Å². The van der Waals surface area contributed by atoms with Gasteiger partial charge in [-0.2, -0.15) is 0 Å². The van der Waals surface area contributed by atoms with Gasteiger partial charge in [0.15, 0.2) is 11.5 Å². The quantitative estimate of drug-likeness (QED) is 0.786. The second-order valence-corrected chi connectivity index (χ2v) is 6.62. The number of hydrogen-bond acceptors (Lipinski definition) is 3. The van der Waals surface area contributed by atoms with Crippen molar-refractivity contribution in [2.24, 2.45) is 5.92 Å². The second kappa shape index (κ2) is 6.81. The average molecular weight is 340 g/mol. The van der Waals surface area contributed by atoms with Crippen molar-refractivity contribution in [3.63, 3.8) is 0 Å². The minimum Gasteiger partial charge on any atom is -0.454 e. The molecular weight excluding hydrogens is 318 g/mol. The molecular formula is C16H22BrNO2. The van der Waals surface area contributed by atoms with Gasteiger partial charge in [-0.1, -0.05) is 41.6 Å². The summed E-state index contributed by atoms with van der Waals surface area (Å²) < 4.78 is 11.9. The van der Waals surface area contributed by atoms with E-state index in [9.17, 15) is 0 Å². The Labute approximate surface area is 129 Å². The predicted octanol–water partition coefficient (Wildman–Crippen LogP) is 4.24. The number of hydrogen-bond donors (Lipinski definition) is 1. The summed E-state index contributed by atoms with van der Waals surface area (Å²) in [5.41, 5.74) is 1.23. The molecule has 0 spiro atoms. The molecule has 2 aliphatic rings. The average Bonchev–Trinajstić information content (AvgIpc) is 3.09. The summed E-state index contributed by atoms with van der Waals surface area (Å²) in [6.07, 6.45) is 8.47. The molecule has 0 radical (unpaired) electrons. The van der Waals surface area contributed by atoms with Crippen LogP contribution in [0.5, 0.6) is 11.5 Å². The lowest BCUT2D eigenvalue weighted by atomic mass is 10.0. The van der Waals surface area contributed by atoms with Gasteiger partial charge in [0.2, 0.25) is 6.79 Å². The highest BCUT2D eigenvalue weighted by molar-refractivity contribution is 9.10. The molecule has 110 valence electrons. The van der Waals surface area contributed by atoms with Crippen LogP contribution in [0.2, 0.25) is 0 Å². The summed E-state index contributed by atoms with van der Waals surface area (Å²) in [6.45, 7) is 2.30. The summed E-state index contributed by atoms with van der Waals surface area (Å²) in [4.78, 5) is 0. The van der Waals surface area contributed by atoms with Crippen molar-refractivity contribution in [3.05, 3.63) is 22.2 Å². The van der Waals surface area contributed by atoms with E-state index in [0.29, 0.717) is 6.79 Å². The molecule has 4 heteroatoms. The third-order valence-electron chi connectivity index (χ3n) is 4.30. The number of benzene rings is 1. The summed E-state index contributed by atoms with van der Waals surface area (Å²) in [6, 6.07) is 4.06. The van der Waals surface area contributed by atoms with Gasteiger partial charge < -0.3 is 14.8 Å². The van der Waals surface area contributed by atoms with Gasteiger partial charge in [-0.05, 0) is 43.0 Å². The summed E-state index contributed by atoms with van der Waals surface area (Å²) in [7, 11) is 0. The Bertz CT molecular complexity index is 458. The number of rotatable bonds is 6. The molecule has 0 unspecified atom stereocenters. The Hall–Kier alpha value is -0.740. The van der Waals surface area contributed by atoms with Gasteiger partial charge in [0, 0.05) is 11.0 Å². The largest absolute Gasteiger partial charge is 0.454 e. The fraction of sp³-hybridized carbons (Fsp3) is 0.625. The third-order valence-corrected chi connectivity index (χ3v) is 5.04. The highest BCUT2D eigenvalue weighted by atomic mass is 79.9. The van der Waals surface area contributed by atoms with E-state index in [1.54, 1.807) is 0 Å². The maximum absolute atomic E-state index is 5.42. The van der Waals surface area contributed by atoms with Crippen LogP contribution >= 0.6 is 15.9 Å². The van der Waals surface area contributed by atoms with Crippen LogP contribution < -0.4 is 14.8 Å². The van der Waals surface area contributed by atoms with Crippen molar-refractivity contribution in [2.75, 3.05) is 13.3 Å². The van der Waals surface area contributed by atoms with Crippen molar-refractivity contribution < 1.29 is 9.47 Å². The predicted molar refractivity (Wildman–Crippen MR) is 83.2 cm³/mol. The lowest BCUT2D eigenvalue weighted by molar-refractivity contribution is 0.174. The van der Waals surface area contributed by atoms with E-state index >= 15 is 0 Å². The van der Waals surface area contributed by atoms with Crippen LogP contribution in [0.4, 0.5) is 0 Å². The maximum Gasteiger partial charge on any atom is 0.231 e. The molecule has 3 rings (SSSR count). The molecule has 0 bridgehead atoms. The highest BCUT2D eigenvalue weighted by Crippen LogP contribution is 2.36. The van der Waals surface area contributed by atoms with Crippen molar-refractivity contribution in [3.8, 4) is 11.5 Å². The molecule has 1 aromatic carbocycles. The Balaban J connectivity index is 1.42. The zero-order valence-corrected chi connectivity index (χ0v) is 13.4. The van der Waals surface area contributed by atoms with Crippen LogP contribution in [0.1, 0.15) is 44.1 Å². The Morgan fingerprint density at radius 1 is 1.15 bits per heavy atom. The lowest BCUT2D eigenvalue weighted by Crippen LogP contribution is -2.15. The van der Waals surface area contributed by atoms with Crippen molar-refractivity contribution in [2.45, 2.75) is 45.1 Å². The summed E-state index contributed by atoms with van der Waals surface area (Å²) in [5, 5.41) is 3.53. The van der Waals surface area contributed by atoms with Gasteiger partial charge >= 0.3 is 0 Å². The van der Waals surface area contributed by atoms with E-state index < -0.39 is 0 Å². The van der Waals surface area contributed by atoms with Gasteiger partial charge in [0.1, 0.15) is 0 Å². The molecule has 0 saturated heterocycles. The number of nitrogens with one attached hydrogen (secondary N) is 1. The van der Waals surface area contributed by atoms with E-state index in [1.807, 2.05) is 6.07 Å². The molecule has 0 amide bonds. The molecule has 1 heterocycles. The van der Waals surface area contributed by atoms with Gasteiger partial charge in [0.05, 0.1) is 0 Å². The minimum atomic E-state index is 0.333. The third kappa shape index (κ3) is 3.47. The molecule has 20 heavy (non-hydrogen) atoms. The van der Waals surface area contributed by atoms with E-state index in [0.717, 1.165) is 35.0 Å². The zero-order chi connectivity index (χ0) is 13.8. The van der Waals surface area contributed by atoms with Crippen LogP contribution in [0.15, 0.2) is 16.6 Å². The van der Waals surface area contributed by atoms with Crippen molar-refractivity contribution in [1.29, 1.82) is 0 Å². The summed E-state index contributed by atoms with van der Waals surface area (Å²) in [5.74, 6) is 2.69. The van der Waals surface area contributed by atoms with Gasteiger partial charge in [-0.25, -0.2) is 0 Å². The molecule has 1 aliphatic carbocycles. The fourth-order valence-corrected chi connectivity index (χ4v) is 3.60. The Morgan fingerprint density at radius 2 is 1.90 bits per heavy atom. The number of fused-ring (bicyclic) bond motifs is 1. The number of ether oxygens (including phenoxy) is 2. The maximum atomic E-state index is 5.42. The van der Waals surface area contributed by atoms with Gasteiger partial charge in [-0.15, -0.1) is 0 Å². The van der Waals surface area contributed by atoms with Crippen LogP contribution in [-0.2, 0) is 6.54 Å². The molecule has 1 fully saturated rings. The molecule has 1 aliphatic heterocycles. The molecule has 3 nitrogen and oxygen atoms in total. The first kappa shape index (κ1) is 14.2. The van der Waals surface area contributed by atoms with E-state index in [2.05, 4.69) is 27.3 Å². The molecule has 1 N–H and O–H groups in total. The topological polar surface area (TPSA) is 30.5 Å². The normalized spacial score (nSPS) is 17.9. The van der Waals surface area contributed by atoms with Gasteiger partial charge in [0.25, 0.3) is 0 Å². The SMILES string of the molecule is Brc1cc2c(cc1CNCCCC1CCCC1)OCO2. The smallest absolute Gasteiger partial charge is 0.231 e. The first-order valence-electron chi connectivity index (χ1n) is 7.61. The van der Waals surface area contributed by atoms with Crippen LogP contribution in [0.3, 0.4) is 0 Å². The van der Waals surface area contributed by atoms with Crippen LogP contribution in [0, 0.1) is 5.92 Å². The van der Waals surface area contributed by atoms with E-state index in [-0.39, 0.29) is 0 Å². The molecule has 0 aromatic heterocycles. The number of halogens is 1. The second-order valence-electron chi connectivity index (χ2n) is 5.77. The minimum absolute atomic E-state index is 0.333. The fourth-order valence-electron chi connectivity index (χ4n) is 3.13. The first-order chi connectivity index (χ1) is 9.83. The monoisotopic (exact) mass is 339 g/mol. The lowest BCUT2D eigenvalue weighted by Gasteiger charge is -2.10. The standard InChI is InChI=1S/C16H22BrNO2/c17-14-9-16-15(19-11-20-16)8-13(14)10-18-7-3-6-12-4-1-2-5-12/h8-9,12,18H,1-7,10-11H2. The van der Waals surface area contributed by atoms with E-state index in [1.165, 1.54) is 44.1 Å². The molecule has 0 atom stereocenters. The summed E-state index contributed by atoms with van der Waals surface area (Å²) >= 11 is 3.60. The molecule has 1 aromatic rings. The Morgan fingerprint density at radius 3 is 2.70 bits per heavy atom. The van der Waals surface area contributed by atoms with Crippen LogP contribution in [-0.4, -0.2) is 13.3 Å². The van der Waals surface area contributed by atoms with Gasteiger partial charge in [-0.3, -0.25) is 0 Å². The first-order valence-corrected chi connectivity index (χ1v) is 8.41. The Kier molecular flexibility index (Phi) is 4.84. The zero-order valence-electron chi connectivity index (χ0n) is 11.8. The van der Waals surface area contributed by atoms with Crippen molar-refractivity contribution >= 4 is 15.9 Å². The van der Waals surface area contributed by atoms with Crippen molar-refractivity contribution in [1.82, 2.24) is 5.32 Å². The molecule has 1 saturated carbocycles. The van der Waals surface area contributed by atoms with E-state index in [4.69, 9.17) is 9.47 Å². The highest BCUT2D eigenvalue weighted by Gasteiger charge is 2.16.